The lowest BCUT2D eigenvalue weighted by molar-refractivity contribution is 0.161. The molecule has 34 heavy (non-hydrogen) atoms. The molecule has 4 heterocycles. The van der Waals surface area contributed by atoms with Gasteiger partial charge in [-0.15, -0.1) is 0 Å². The second kappa shape index (κ2) is 7.92. The van der Waals surface area contributed by atoms with Gasteiger partial charge in [0.2, 0.25) is 5.95 Å². The van der Waals surface area contributed by atoms with E-state index in [9.17, 15) is 4.39 Å². The number of pyridine rings is 1. The first-order valence-electron chi connectivity index (χ1n) is 11.1. The van der Waals surface area contributed by atoms with Gasteiger partial charge in [-0.1, -0.05) is 12.1 Å². The third-order valence-electron chi connectivity index (χ3n) is 6.55. The van der Waals surface area contributed by atoms with Crippen molar-refractivity contribution in [2.45, 2.75) is 18.4 Å². The standard InChI is InChI=1S/C26H21F2N3O3/c27-21-14-17(15-5-9-32-10-6-15)13-20-23(21)34-22-4-3-16(18-2-1-8-30-24(18)28)12-19(22)26(20)7-11-33-25(29)31-26/h1-5,8,12-14H,6-7,9-11H2,(H2,29,31). The minimum absolute atomic E-state index is 0.0131. The van der Waals surface area contributed by atoms with Crippen LogP contribution in [0.3, 0.4) is 0 Å². The molecule has 3 aromatic rings. The zero-order chi connectivity index (χ0) is 23.3. The summed E-state index contributed by atoms with van der Waals surface area (Å²) >= 11 is 0. The van der Waals surface area contributed by atoms with Crippen molar-refractivity contribution < 1.29 is 23.0 Å². The molecule has 1 spiro atoms. The second-order valence-corrected chi connectivity index (χ2v) is 8.45. The van der Waals surface area contributed by atoms with Crippen molar-refractivity contribution in [3.63, 3.8) is 0 Å². The highest BCUT2D eigenvalue weighted by Crippen LogP contribution is 2.54. The molecular formula is C26H21F2N3O3. The highest BCUT2D eigenvalue weighted by Gasteiger charge is 2.46. The zero-order valence-electron chi connectivity index (χ0n) is 18.2. The number of nitrogens with zero attached hydrogens (tertiary/aromatic N) is 2. The van der Waals surface area contributed by atoms with E-state index < -0.39 is 17.3 Å². The van der Waals surface area contributed by atoms with Crippen LogP contribution in [0.15, 0.2) is 59.7 Å². The third-order valence-corrected chi connectivity index (χ3v) is 6.55. The molecule has 0 bridgehead atoms. The van der Waals surface area contributed by atoms with Gasteiger partial charge in [0.1, 0.15) is 11.3 Å². The van der Waals surface area contributed by atoms with Gasteiger partial charge in [-0.3, -0.25) is 0 Å². The Balaban J connectivity index is 1.59. The van der Waals surface area contributed by atoms with Gasteiger partial charge in [0.05, 0.1) is 19.8 Å². The fourth-order valence-electron chi connectivity index (χ4n) is 4.91. The van der Waals surface area contributed by atoms with E-state index in [1.807, 2.05) is 18.2 Å². The van der Waals surface area contributed by atoms with E-state index in [0.717, 1.165) is 11.1 Å². The van der Waals surface area contributed by atoms with Crippen molar-refractivity contribution in [1.82, 2.24) is 4.98 Å². The molecule has 1 atom stereocenters. The number of halogens is 2. The minimum atomic E-state index is -1.04. The van der Waals surface area contributed by atoms with Crippen LogP contribution in [0.4, 0.5) is 8.78 Å². The molecule has 8 heteroatoms. The van der Waals surface area contributed by atoms with Gasteiger partial charge in [-0.2, -0.15) is 4.39 Å². The minimum Gasteiger partial charge on any atom is -0.465 e. The number of fused-ring (bicyclic) bond motifs is 4. The molecule has 0 radical (unpaired) electrons. The quantitative estimate of drug-likeness (QED) is 0.549. The van der Waals surface area contributed by atoms with E-state index in [1.165, 1.54) is 12.3 Å². The van der Waals surface area contributed by atoms with Crippen LogP contribution in [-0.4, -0.2) is 30.8 Å². The van der Waals surface area contributed by atoms with Gasteiger partial charge in [-0.25, -0.2) is 14.4 Å². The number of aromatic nitrogens is 1. The summed E-state index contributed by atoms with van der Waals surface area (Å²) in [6.07, 6.45) is 4.46. The molecule has 0 saturated heterocycles. The molecule has 0 fully saturated rings. The third kappa shape index (κ3) is 3.25. The van der Waals surface area contributed by atoms with Crippen molar-refractivity contribution in [2.24, 2.45) is 10.7 Å². The van der Waals surface area contributed by atoms with Gasteiger partial charge in [0.15, 0.2) is 11.6 Å². The van der Waals surface area contributed by atoms with Gasteiger partial charge in [0.25, 0.3) is 6.02 Å². The lowest BCUT2D eigenvalue weighted by atomic mass is 9.76. The van der Waals surface area contributed by atoms with Crippen molar-refractivity contribution in [3.8, 4) is 22.6 Å². The van der Waals surface area contributed by atoms with E-state index in [0.29, 0.717) is 60.7 Å². The SMILES string of the molecule is NC1=NC2(CCO1)c1cc(-c3cccnc3F)ccc1Oc1c(F)cc(C3=CCOCC3)cc12. The molecule has 6 nitrogen and oxygen atoms in total. The van der Waals surface area contributed by atoms with Crippen LogP contribution in [0.1, 0.15) is 29.5 Å². The normalized spacial score (nSPS) is 21.0. The highest BCUT2D eigenvalue weighted by molar-refractivity contribution is 5.77. The largest absolute Gasteiger partial charge is 0.465 e. The first-order valence-corrected chi connectivity index (χ1v) is 11.1. The number of aliphatic imine (C=N–C) groups is 1. The monoisotopic (exact) mass is 461 g/mol. The summed E-state index contributed by atoms with van der Waals surface area (Å²) in [5.41, 5.74) is 8.96. The lowest BCUT2D eigenvalue weighted by Crippen LogP contribution is -2.39. The maximum atomic E-state index is 15.5. The Morgan fingerprint density at radius 2 is 1.88 bits per heavy atom. The van der Waals surface area contributed by atoms with Crippen LogP contribution < -0.4 is 10.5 Å². The van der Waals surface area contributed by atoms with Crippen LogP contribution in [0.2, 0.25) is 0 Å². The van der Waals surface area contributed by atoms with E-state index >= 15 is 4.39 Å². The van der Waals surface area contributed by atoms with E-state index in [1.54, 1.807) is 24.3 Å². The summed E-state index contributed by atoms with van der Waals surface area (Å²) < 4.78 is 46.8. The molecule has 2 N–H and O–H groups in total. The van der Waals surface area contributed by atoms with Crippen LogP contribution in [0, 0.1) is 11.8 Å². The van der Waals surface area contributed by atoms with Crippen molar-refractivity contribution in [2.75, 3.05) is 19.8 Å². The smallest absolute Gasteiger partial charge is 0.283 e. The Bertz CT molecular complexity index is 1370. The fourth-order valence-corrected chi connectivity index (χ4v) is 4.91. The summed E-state index contributed by atoms with van der Waals surface area (Å²) in [5.74, 6) is -0.505. The Kier molecular flexibility index (Phi) is 4.84. The van der Waals surface area contributed by atoms with Gasteiger partial charge >= 0.3 is 0 Å². The molecular weight excluding hydrogens is 440 g/mol. The van der Waals surface area contributed by atoms with Crippen LogP contribution in [-0.2, 0) is 15.0 Å². The number of hydrogen-bond donors (Lipinski definition) is 1. The summed E-state index contributed by atoms with van der Waals surface area (Å²) in [6.45, 7) is 1.35. The fraction of sp³-hybridized carbons (Fsp3) is 0.231. The Morgan fingerprint density at radius 3 is 2.68 bits per heavy atom. The molecule has 6 rings (SSSR count). The van der Waals surface area contributed by atoms with Crippen LogP contribution in [0.25, 0.3) is 16.7 Å². The number of nitrogens with two attached hydrogens (primary N) is 1. The highest BCUT2D eigenvalue weighted by atomic mass is 19.1. The molecule has 3 aliphatic heterocycles. The van der Waals surface area contributed by atoms with Crippen molar-refractivity contribution >= 4 is 11.6 Å². The van der Waals surface area contributed by atoms with Gasteiger partial charge in [-0.05, 0) is 59.5 Å². The molecule has 0 aliphatic carbocycles. The number of benzene rings is 2. The zero-order valence-corrected chi connectivity index (χ0v) is 18.2. The first kappa shape index (κ1) is 20.8. The molecule has 172 valence electrons. The maximum absolute atomic E-state index is 15.5. The Labute approximate surface area is 194 Å². The Hall–Kier alpha value is -3.78. The molecule has 1 unspecified atom stereocenters. The number of rotatable bonds is 2. The molecule has 3 aliphatic rings. The van der Waals surface area contributed by atoms with Crippen molar-refractivity contribution in [3.05, 3.63) is 83.2 Å². The number of ether oxygens (including phenoxy) is 3. The molecule has 2 aromatic carbocycles. The summed E-state index contributed by atoms with van der Waals surface area (Å²) in [5, 5.41) is 0. The summed E-state index contributed by atoms with van der Waals surface area (Å²) in [6, 6.07) is 12.0. The average Bonchev–Trinajstić information content (AvgIpc) is 2.86. The van der Waals surface area contributed by atoms with E-state index in [4.69, 9.17) is 24.9 Å². The molecule has 1 aromatic heterocycles. The topological polar surface area (TPSA) is 79.0 Å². The molecule has 0 amide bonds. The van der Waals surface area contributed by atoms with E-state index in [2.05, 4.69) is 4.98 Å². The summed E-state index contributed by atoms with van der Waals surface area (Å²) in [4.78, 5) is 8.48. The van der Waals surface area contributed by atoms with Crippen LogP contribution >= 0.6 is 0 Å². The number of hydrogen-bond acceptors (Lipinski definition) is 6. The first-order chi connectivity index (χ1) is 16.5. The lowest BCUT2D eigenvalue weighted by Gasteiger charge is -2.40. The molecule has 0 saturated carbocycles. The average molecular weight is 461 g/mol. The maximum Gasteiger partial charge on any atom is 0.283 e. The second-order valence-electron chi connectivity index (χ2n) is 8.45. The van der Waals surface area contributed by atoms with Gasteiger partial charge in [0, 0.05) is 29.3 Å². The Morgan fingerprint density at radius 1 is 1.00 bits per heavy atom. The predicted octanol–water partition coefficient (Wildman–Crippen LogP) is 4.91. The number of amidine groups is 1. The summed E-state index contributed by atoms with van der Waals surface area (Å²) in [7, 11) is 0. The van der Waals surface area contributed by atoms with E-state index in [-0.39, 0.29) is 11.8 Å². The predicted molar refractivity (Wildman–Crippen MR) is 122 cm³/mol. The van der Waals surface area contributed by atoms with Crippen molar-refractivity contribution in [1.29, 1.82) is 0 Å². The van der Waals surface area contributed by atoms with Gasteiger partial charge < -0.3 is 19.9 Å². The van der Waals surface area contributed by atoms with Crippen LogP contribution in [0.5, 0.6) is 11.5 Å².